The van der Waals surface area contributed by atoms with Gasteiger partial charge >= 0.3 is 0 Å². The van der Waals surface area contributed by atoms with Gasteiger partial charge in [-0.25, -0.2) is 0 Å². The van der Waals surface area contributed by atoms with Gasteiger partial charge < -0.3 is 20.4 Å². The lowest BCUT2D eigenvalue weighted by molar-refractivity contribution is -0.967. The third kappa shape index (κ3) is 3.35. The molecule has 0 aromatic heterocycles. The van der Waals surface area contributed by atoms with E-state index in [1.807, 2.05) is 75.4 Å². The van der Waals surface area contributed by atoms with E-state index in [0.29, 0.717) is 25.2 Å². The van der Waals surface area contributed by atoms with E-state index in [-0.39, 0.29) is 0 Å². The second kappa shape index (κ2) is 7.76. The van der Waals surface area contributed by atoms with Crippen LogP contribution in [-0.2, 0) is 11.4 Å². The van der Waals surface area contributed by atoms with Crippen LogP contribution >= 0.6 is 0 Å². The first-order valence-corrected chi connectivity index (χ1v) is 10.2. The molecule has 0 saturated carbocycles. The lowest BCUT2D eigenvalue weighted by Crippen LogP contribution is -2.77. The fourth-order valence-electron chi connectivity index (χ4n) is 5.16. The molecule has 0 spiro atoms. The van der Waals surface area contributed by atoms with Crippen LogP contribution in [0.2, 0.25) is 0 Å². The Bertz CT molecular complexity index is 920. The molecule has 1 heterocycles. The number of quaternary nitrogens is 1. The van der Waals surface area contributed by atoms with E-state index in [1.54, 1.807) is 6.92 Å². The highest BCUT2D eigenvalue weighted by atomic mass is 16.5. The van der Waals surface area contributed by atoms with Gasteiger partial charge in [0.05, 0.1) is 5.54 Å². The Morgan fingerprint density at radius 3 is 2.23 bits per heavy atom. The molecular weight excluding hydrogens is 380 g/mol. The zero-order chi connectivity index (χ0) is 22.2. The molecule has 160 valence electrons. The number of nitrogens with zero attached hydrogens (tertiary/aromatic N) is 1. The van der Waals surface area contributed by atoms with Crippen LogP contribution in [0.3, 0.4) is 0 Å². The largest absolute Gasteiger partial charge is 0.498 e. The van der Waals surface area contributed by atoms with Crippen LogP contribution in [0.25, 0.3) is 0 Å². The molecule has 6 nitrogen and oxygen atoms in total. The first kappa shape index (κ1) is 21.8. The monoisotopic (exact) mass is 410 g/mol. The molecule has 2 aromatic carbocycles. The number of carbonyl (C=O) groups excluding carboxylic acids is 2. The summed E-state index contributed by atoms with van der Waals surface area (Å²) in [5.41, 5.74) is 5.57. The summed E-state index contributed by atoms with van der Waals surface area (Å²) < 4.78 is 5.32. The minimum Gasteiger partial charge on any atom is -0.498 e. The number of nitrogens with two attached hydrogens (primary N) is 1. The predicted molar refractivity (Wildman–Crippen MR) is 112 cm³/mol. The summed E-state index contributed by atoms with van der Waals surface area (Å²) in [5, 5.41) is 12.6. The van der Waals surface area contributed by atoms with E-state index in [2.05, 4.69) is 0 Å². The van der Waals surface area contributed by atoms with Crippen LogP contribution < -0.4 is 15.6 Å². The topological polar surface area (TPSA) is 92.4 Å². The minimum atomic E-state index is -1.28. The first-order valence-electron chi connectivity index (χ1n) is 10.2. The Hall–Kier alpha value is -2.86. The molecular formula is C24H30N2O4. The third-order valence-electron chi connectivity index (χ3n) is 6.54. The molecule has 1 aliphatic heterocycles. The Kier molecular flexibility index (Phi) is 5.65. The van der Waals surface area contributed by atoms with E-state index in [9.17, 15) is 14.7 Å². The molecule has 1 saturated heterocycles. The van der Waals surface area contributed by atoms with E-state index < -0.39 is 33.6 Å². The summed E-state index contributed by atoms with van der Waals surface area (Å²) in [7, 11) is 0. The quantitative estimate of drug-likeness (QED) is 0.766. The van der Waals surface area contributed by atoms with Crippen LogP contribution in [0.15, 0.2) is 54.6 Å². The number of carbonyl (C=O) groups is 2. The van der Waals surface area contributed by atoms with E-state index >= 15 is 0 Å². The zero-order valence-electron chi connectivity index (χ0n) is 18.1. The van der Waals surface area contributed by atoms with Gasteiger partial charge in [0.15, 0.2) is 5.54 Å². The summed E-state index contributed by atoms with van der Waals surface area (Å²) in [4.78, 5) is 25.1. The molecule has 0 aliphatic carbocycles. The van der Waals surface area contributed by atoms with Crippen LogP contribution in [-0.4, -0.2) is 27.6 Å². The maximum absolute atomic E-state index is 12.6. The van der Waals surface area contributed by atoms with Crippen LogP contribution in [0.5, 0.6) is 5.75 Å². The number of rotatable bonds is 5. The molecule has 0 radical (unpaired) electrons. The molecule has 3 rings (SSSR count). The number of hydrogen-bond donors (Lipinski definition) is 1. The molecule has 1 unspecified atom stereocenters. The van der Waals surface area contributed by atoms with Crippen molar-refractivity contribution in [2.45, 2.75) is 64.3 Å². The van der Waals surface area contributed by atoms with Crippen molar-refractivity contribution in [3.63, 3.8) is 0 Å². The van der Waals surface area contributed by atoms with Crippen LogP contribution in [0.4, 0.5) is 4.79 Å². The molecule has 6 heteroatoms. The number of carboxylic acid groups (broad SMARTS) is 1. The third-order valence-corrected chi connectivity index (χ3v) is 6.54. The predicted octanol–water partition coefficient (Wildman–Crippen LogP) is 3.30. The van der Waals surface area contributed by atoms with Crippen molar-refractivity contribution in [1.29, 1.82) is 0 Å². The molecule has 1 fully saturated rings. The fourth-order valence-corrected chi connectivity index (χ4v) is 5.16. The number of amides is 2. The average molecular weight is 411 g/mol. The number of primary amides is 1. The molecule has 2 aromatic rings. The Labute approximate surface area is 177 Å². The van der Waals surface area contributed by atoms with E-state index in [1.165, 1.54) is 0 Å². The normalized spacial score (nSPS) is 26.3. The molecule has 30 heavy (non-hydrogen) atoms. The van der Waals surface area contributed by atoms with Gasteiger partial charge in [0, 0.05) is 25.3 Å². The Balaban J connectivity index is 1.93. The second-order valence-corrected chi connectivity index (χ2v) is 9.20. The average Bonchev–Trinajstić information content (AvgIpc) is 3.03. The van der Waals surface area contributed by atoms with Gasteiger partial charge in [0.1, 0.15) is 18.4 Å². The molecule has 0 bridgehead atoms. The van der Waals surface area contributed by atoms with Crippen molar-refractivity contribution >= 4 is 12.0 Å². The van der Waals surface area contributed by atoms with Gasteiger partial charge in [-0.1, -0.05) is 30.3 Å². The van der Waals surface area contributed by atoms with E-state index in [0.717, 1.165) is 11.1 Å². The molecule has 2 amide bonds. The Morgan fingerprint density at radius 1 is 1.13 bits per heavy atom. The van der Waals surface area contributed by atoms with Gasteiger partial charge in [-0.3, -0.25) is 9.28 Å². The highest BCUT2D eigenvalue weighted by Gasteiger charge is 2.67. The molecule has 2 N–H and O–H groups in total. The van der Waals surface area contributed by atoms with Gasteiger partial charge in [-0.15, -0.1) is 0 Å². The maximum Gasteiger partial charge on any atom is 0.279 e. The first-order chi connectivity index (χ1) is 14.0. The zero-order valence-corrected chi connectivity index (χ0v) is 18.1. The fraction of sp³-hybridized carbons (Fsp3) is 0.417. The van der Waals surface area contributed by atoms with E-state index in [4.69, 9.17) is 10.5 Å². The van der Waals surface area contributed by atoms with Crippen molar-refractivity contribution in [2.24, 2.45) is 5.73 Å². The summed E-state index contributed by atoms with van der Waals surface area (Å²) >= 11 is 0. The summed E-state index contributed by atoms with van der Waals surface area (Å²) in [5.74, 6) is 0.0764. The number of ether oxygens (including phenoxy) is 1. The lowest BCUT2D eigenvalue weighted by Gasteiger charge is -2.56. The number of likely N-dealkylation sites (tertiary alicyclic amines) is 1. The summed E-state index contributed by atoms with van der Waals surface area (Å²) in [6.07, 6.45) is -0.380. The lowest BCUT2D eigenvalue weighted by atomic mass is 9.87. The molecule has 3 atom stereocenters. The number of hydrogen-bond acceptors (Lipinski definition) is 4. The van der Waals surface area contributed by atoms with Crippen molar-refractivity contribution in [1.82, 2.24) is 0 Å². The smallest absolute Gasteiger partial charge is 0.279 e. The molecule has 1 aliphatic rings. The van der Waals surface area contributed by atoms with Gasteiger partial charge in [-0.2, -0.15) is 0 Å². The SMILES string of the molecule is CC(C)(C)[N+]1(C(=O)[O-])[C@H](c2ccc(OCc3ccccc3)cc2)CC[C@]1(C)C(N)=O. The van der Waals surface area contributed by atoms with Crippen LogP contribution in [0, 0.1) is 0 Å². The standard InChI is InChI=1S/C24H30N2O4/c1-23(2,3)26(22(28)29)20(14-15-24(26,4)21(25)27)18-10-12-19(13-11-18)30-16-17-8-6-5-7-9-17/h5-13,20H,14-16H2,1-4H3,(H2-,25,27,28,29)/t20-,24+,26?/m0/s1. The minimum absolute atomic E-state index is 0.379. The van der Waals surface area contributed by atoms with Gasteiger partial charge in [0.2, 0.25) is 0 Å². The van der Waals surface area contributed by atoms with Crippen molar-refractivity contribution in [3.8, 4) is 5.75 Å². The highest BCUT2D eigenvalue weighted by Crippen LogP contribution is 2.54. The second-order valence-electron chi connectivity index (χ2n) is 9.20. The Morgan fingerprint density at radius 2 is 1.73 bits per heavy atom. The summed E-state index contributed by atoms with van der Waals surface area (Å²) in [6.45, 7) is 7.55. The van der Waals surface area contributed by atoms with Crippen molar-refractivity contribution < 1.29 is 23.9 Å². The van der Waals surface area contributed by atoms with Crippen LogP contribution in [0.1, 0.15) is 57.7 Å². The van der Waals surface area contributed by atoms with Crippen molar-refractivity contribution in [3.05, 3.63) is 65.7 Å². The number of benzene rings is 2. The van der Waals surface area contributed by atoms with Gasteiger partial charge in [-0.05, 0) is 50.6 Å². The summed E-state index contributed by atoms with van der Waals surface area (Å²) in [6, 6.07) is 16.8. The van der Waals surface area contributed by atoms with Gasteiger partial charge in [0.25, 0.3) is 12.0 Å². The van der Waals surface area contributed by atoms with Crippen molar-refractivity contribution in [2.75, 3.05) is 0 Å². The highest BCUT2D eigenvalue weighted by molar-refractivity contribution is 5.85. The maximum atomic E-state index is 12.6.